The average Bonchev–Trinajstić information content (AvgIpc) is 2.89. The van der Waals surface area contributed by atoms with E-state index in [1.54, 1.807) is 0 Å². The normalized spacial score (nSPS) is 17.5. The van der Waals surface area contributed by atoms with E-state index in [0.29, 0.717) is 13.0 Å². The van der Waals surface area contributed by atoms with Crippen molar-refractivity contribution >= 4 is 26.6 Å². The van der Waals surface area contributed by atoms with Gasteiger partial charge in [0.15, 0.2) is 5.78 Å². The first-order chi connectivity index (χ1) is 9.83. The molecule has 0 spiro atoms. The summed E-state index contributed by atoms with van der Waals surface area (Å²) in [6.45, 7) is 0.569. The zero-order chi connectivity index (χ0) is 15.9. The number of carbonyl (C=O) groups is 2. The van der Waals surface area contributed by atoms with Gasteiger partial charge in [0.1, 0.15) is 0 Å². The number of hydrogen-bond donors (Lipinski definition) is 2. The van der Waals surface area contributed by atoms with Gasteiger partial charge >= 0.3 is 0 Å². The SMILES string of the molecule is CS(C)(=O)=CC(=O)C(CCCCN)NC(=O)C1CCCC1. The number of Topliss-reactive ketones (excluding diaryl/α,β-unsaturated/α-hetero) is 1. The van der Waals surface area contributed by atoms with Crippen LogP contribution < -0.4 is 11.1 Å². The second-order valence-electron chi connectivity index (χ2n) is 6.16. The van der Waals surface area contributed by atoms with Gasteiger partial charge in [0, 0.05) is 23.8 Å². The Hall–Kier alpha value is -0.880. The molecule has 3 N–H and O–H groups in total. The van der Waals surface area contributed by atoms with Crippen LogP contribution in [-0.2, 0) is 19.1 Å². The third-order valence-corrected chi connectivity index (χ3v) is 4.53. The summed E-state index contributed by atoms with van der Waals surface area (Å²) in [4.78, 5) is 24.4. The molecule has 1 unspecified atom stereocenters. The van der Waals surface area contributed by atoms with Crippen LogP contribution in [0.1, 0.15) is 44.9 Å². The van der Waals surface area contributed by atoms with Crippen LogP contribution in [0.4, 0.5) is 0 Å². The molecule has 0 radical (unpaired) electrons. The van der Waals surface area contributed by atoms with Gasteiger partial charge in [-0.2, -0.15) is 0 Å². The highest BCUT2D eigenvalue weighted by atomic mass is 32.2. The summed E-state index contributed by atoms with van der Waals surface area (Å²) in [6.07, 6.45) is 9.16. The van der Waals surface area contributed by atoms with E-state index in [4.69, 9.17) is 5.73 Å². The van der Waals surface area contributed by atoms with E-state index < -0.39 is 15.6 Å². The van der Waals surface area contributed by atoms with Crippen molar-refractivity contribution < 1.29 is 13.8 Å². The summed E-state index contributed by atoms with van der Waals surface area (Å²) in [5.41, 5.74) is 5.47. The van der Waals surface area contributed by atoms with Crippen LogP contribution in [0.25, 0.3) is 0 Å². The zero-order valence-corrected chi connectivity index (χ0v) is 13.9. The molecule has 6 heteroatoms. The maximum Gasteiger partial charge on any atom is 0.223 e. The van der Waals surface area contributed by atoms with E-state index in [1.165, 1.54) is 17.9 Å². The molecule has 0 aromatic rings. The Morgan fingerprint density at radius 2 is 1.90 bits per heavy atom. The van der Waals surface area contributed by atoms with Crippen molar-refractivity contribution in [2.24, 2.45) is 11.7 Å². The molecule has 0 aliphatic heterocycles. The zero-order valence-electron chi connectivity index (χ0n) is 13.1. The van der Waals surface area contributed by atoms with Crippen LogP contribution in [-0.4, -0.2) is 46.4 Å². The Morgan fingerprint density at radius 3 is 2.43 bits per heavy atom. The molecular weight excluding hydrogens is 288 g/mol. The standard InChI is InChI=1S/C15H28N2O3S/c1-21(2,20)11-14(18)13(9-5-6-10-16)17-15(19)12-7-3-4-8-12/h11-13H,3-10,16H2,1-2H3,(H,17,19). The van der Waals surface area contributed by atoms with E-state index in [2.05, 4.69) is 5.32 Å². The van der Waals surface area contributed by atoms with E-state index in [1.807, 2.05) is 0 Å². The number of ketones is 1. The number of nitrogens with two attached hydrogens (primary N) is 1. The predicted molar refractivity (Wildman–Crippen MR) is 87.9 cm³/mol. The average molecular weight is 316 g/mol. The first-order valence-electron chi connectivity index (χ1n) is 7.66. The Labute approximate surface area is 128 Å². The van der Waals surface area contributed by atoms with E-state index >= 15 is 0 Å². The molecule has 5 nitrogen and oxygen atoms in total. The van der Waals surface area contributed by atoms with E-state index in [0.717, 1.165) is 38.5 Å². The van der Waals surface area contributed by atoms with Crippen LogP contribution >= 0.6 is 0 Å². The molecular formula is C15H28N2O3S. The highest BCUT2D eigenvalue weighted by molar-refractivity contribution is 8.01. The third kappa shape index (κ3) is 7.09. The van der Waals surface area contributed by atoms with Gasteiger partial charge in [-0.05, 0) is 48.2 Å². The summed E-state index contributed by atoms with van der Waals surface area (Å²) in [7, 11) is -2.25. The fraction of sp³-hybridized carbons (Fsp3) is 0.800. The van der Waals surface area contributed by atoms with Crippen LogP contribution in [0.15, 0.2) is 0 Å². The molecule has 1 aliphatic rings. The second-order valence-corrected chi connectivity index (χ2v) is 9.01. The Morgan fingerprint density at radius 1 is 1.29 bits per heavy atom. The Kier molecular flexibility index (Phi) is 7.39. The molecule has 0 bridgehead atoms. The Balaban J connectivity index is 2.69. The van der Waals surface area contributed by atoms with Gasteiger partial charge in [0.25, 0.3) is 0 Å². The number of unbranched alkanes of at least 4 members (excludes halogenated alkanes) is 1. The molecule has 1 rings (SSSR count). The molecule has 1 saturated carbocycles. The van der Waals surface area contributed by atoms with Crippen LogP contribution in [0.5, 0.6) is 0 Å². The third-order valence-electron chi connectivity index (χ3n) is 3.73. The molecule has 0 aromatic carbocycles. The summed E-state index contributed by atoms with van der Waals surface area (Å²) in [6, 6.07) is -0.564. The molecule has 122 valence electrons. The highest BCUT2D eigenvalue weighted by Crippen LogP contribution is 2.24. The number of rotatable bonds is 8. The van der Waals surface area contributed by atoms with Crippen molar-refractivity contribution in [3.63, 3.8) is 0 Å². The lowest BCUT2D eigenvalue weighted by Crippen LogP contribution is -2.44. The molecule has 1 amide bonds. The fourth-order valence-electron chi connectivity index (χ4n) is 2.62. The summed E-state index contributed by atoms with van der Waals surface area (Å²) >= 11 is 0. The highest BCUT2D eigenvalue weighted by Gasteiger charge is 2.26. The van der Waals surface area contributed by atoms with E-state index in [-0.39, 0.29) is 17.6 Å². The van der Waals surface area contributed by atoms with Gasteiger partial charge in [-0.1, -0.05) is 12.8 Å². The van der Waals surface area contributed by atoms with E-state index in [9.17, 15) is 13.8 Å². The van der Waals surface area contributed by atoms with Crippen LogP contribution in [0, 0.1) is 5.92 Å². The second kappa shape index (κ2) is 8.54. The van der Waals surface area contributed by atoms with Crippen LogP contribution in [0.3, 0.4) is 0 Å². The molecule has 1 fully saturated rings. The summed E-state index contributed by atoms with van der Waals surface area (Å²) in [5.74, 6) is -0.249. The maximum atomic E-state index is 12.2. The largest absolute Gasteiger partial charge is 0.346 e. The molecule has 1 aliphatic carbocycles. The lowest BCUT2D eigenvalue weighted by atomic mass is 10.0. The number of nitrogens with one attached hydrogen (secondary N) is 1. The van der Waals surface area contributed by atoms with Gasteiger partial charge in [-0.3, -0.25) is 13.8 Å². The fourth-order valence-corrected chi connectivity index (χ4v) is 3.34. The van der Waals surface area contributed by atoms with Crippen molar-refractivity contribution in [2.75, 3.05) is 19.1 Å². The van der Waals surface area contributed by atoms with Gasteiger partial charge in [-0.15, -0.1) is 0 Å². The van der Waals surface area contributed by atoms with Gasteiger partial charge in [-0.25, -0.2) is 0 Å². The lowest BCUT2D eigenvalue weighted by molar-refractivity contribution is -0.128. The molecule has 0 heterocycles. The minimum absolute atomic E-state index is 0.0300. The molecule has 0 aromatic heterocycles. The predicted octanol–water partition coefficient (Wildman–Crippen LogP) is 0.706. The summed E-state index contributed by atoms with van der Waals surface area (Å²) < 4.78 is 11.8. The van der Waals surface area contributed by atoms with Crippen molar-refractivity contribution in [2.45, 2.75) is 51.0 Å². The topological polar surface area (TPSA) is 89.3 Å². The molecule has 1 atom stereocenters. The lowest BCUT2D eigenvalue weighted by Gasteiger charge is -2.19. The minimum Gasteiger partial charge on any atom is -0.346 e. The van der Waals surface area contributed by atoms with Gasteiger partial charge in [0.05, 0.1) is 6.04 Å². The van der Waals surface area contributed by atoms with Gasteiger partial charge < -0.3 is 11.1 Å². The molecule has 21 heavy (non-hydrogen) atoms. The Bertz CT molecular complexity index is 467. The minimum atomic E-state index is -2.25. The first kappa shape index (κ1) is 18.2. The summed E-state index contributed by atoms with van der Waals surface area (Å²) in [5, 5.41) is 4.11. The van der Waals surface area contributed by atoms with Crippen molar-refractivity contribution in [3.8, 4) is 0 Å². The van der Waals surface area contributed by atoms with Crippen LogP contribution in [0.2, 0.25) is 0 Å². The maximum absolute atomic E-state index is 12.2. The quantitative estimate of drug-likeness (QED) is 0.510. The first-order valence-corrected chi connectivity index (χ1v) is 10.1. The number of hydrogen-bond acceptors (Lipinski definition) is 4. The smallest absolute Gasteiger partial charge is 0.223 e. The van der Waals surface area contributed by atoms with Crippen molar-refractivity contribution in [1.82, 2.24) is 5.32 Å². The molecule has 0 saturated heterocycles. The number of carbonyl (C=O) groups excluding carboxylic acids is 2. The number of amides is 1. The van der Waals surface area contributed by atoms with Crippen molar-refractivity contribution in [3.05, 3.63) is 0 Å². The van der Waals surface area contributed by atoms with Crippen molar-refractivity contribution in [1.29, 1.82) is 0 Å². The van der Waals surface area contributed by atoms with Gasteiger partial charge in [0.2, 0.25) is 5.91 Å². The monoisotopic (exact) mass is 316 g/mol.